The molecule has 0 aliphatic heterocycles. The average Bonchev–Trinajstić information content (AvgIpc) is 2.18. The molecule has 0 fully saturated rings. The third-order valence-electron chi connectivity index (χ3n) is 2.06. The highest BCUT2D eigenvalue weighted by Gasteiger charge is 2.12. The Bertz CT molecular complexity index is 371. The Labute approximate surface area is 97.2 Å². The van der Waals surface area contributed by atoms with Crippen LogP contribution in [0.5, 0.6) is 0 Å². The molecule has 82 valence electrons. The van der Waals surface area contributed by atoms with Gasteiger partial charge in [0.25, 0.3) is 0 Å². The Hall–Kier alpha value is -0.870. The predicted octanol–water partition coefficient (Wildman–Crippen LogP) is 2.44. The number of aliphatic carboxylic acids is 1. The summed E-state index contributed by atoms with van der Waals surface area (Å²) in [5.41, 5.74) is 0.727. The molecule has 0 aromatic carbocycles. The highest BCUT2D eigenvalue weighted by molar-refractivity contribution is 6.31. The maximum absolute atomic E-state index is 10.6. The minimum absolute atomic E-state index is 0.261. The van der Waals surface area contributed by atoms with Gasteiger partial charge in [0.2, 0.25) is 0 Å². The molecule has 0 amide bonds. The van der Waals surface area contributed by atoms with Crippen LogP contribution in [0, 0.1) is 5.92 Å². The lowest BCUT2D eigenvalue weighted by atomic mass is 10.0. The number of rotatable bonds is 4. The largest absolute Gasteiger partial charge is 0.481 e. The lowest BCUT2D eigenvalue weighted by molar-refractivity contribution is -0.141. The summed E-state index contributed by atoms with van der Waals surface area (Å²) in [6.07, 6.45) is 1.03. The van der Waals surface area contributed by atoms with E-state index in [-0.39, 0.29) is 10.3 Å². The third kappa shape index (κ3) is 3.64. The number of carboxylic acid groups (broad SMARTS) is 1. The topological polar surface area (TPSA) is 63.1 Å². The van der Waals surface area contributed by atoms with Gasteiger partial charge >= 0.3 is 5.97 Å². The summed E-state index contributed by atoms with van der Waals surface area (Å²) in [5.74, 6) is -1.23. The van der Waals surface area contributed by atoms with Gasteiger partial charge in [-0.15, -0.1) is 10.2 Å². The van der Waals surface area contributed by atoms with Crippen molar-refractivity contribution in [3.05, 3.63) is 21.9 Å². The van der Waals surface area contributed by atoms with E-state index in [4.69, 9.17) is 28.3 Å². The standard InChI is InChI=1S/C9H10Cl2N2O2/c1-5(9(14)15)2-3-6-4-7(10)12-13-8(6)11/h4-5H,2-3H2,1H3,(H,14,15). The van der Waals surface area contributed by atoms with E-state index < -0.39 is 11.9 Å². The van der Waals surface area contributed by atoms with Crippen molar-refractivity contribution < 1.29 is 9.90 Å². The number of carboxylic acids is 1. The van der Waals surface area contributed by atoms with Gasteiger partial charge in [0.15, 0.2) is 10.3 Å². The van der Waals surface area contributed by atoms with Crippen molar-refractivity contribution in [1.82, 2.24) is 10.2 Å². The molecule has 1 atom stereocenters. The molecule has 15 heavy (non-hydrogen) atoms. The van der Waals surface area contributed by atoms with Gasteiger partial charge in [-0.1, -0.05) is 30.1 Å². The minimum atomic E-state index is -0.820. The Kier molecular flexibility index (Phi) is 4.29. The molecular formula is C9H10Cl2N2O2. The molecular weight excluding hydrogens is 239 g/mol. The molecule has 6 heteroatoms. The van der Waals surface area contributed by atoms with Crippen LogP contribution in [0.25, 0.3) is 0 Å². The van der Waals surface area contributed by atoms with E-state index in [0.29, 0.717) is 12.8 Å². The van der Waals surface area contributed by atoms with Gasteiger partial charge in [0.05, 0.1) is 5.92 Å². The van der Waals surface area contributed by atoms with Crippen LogP contribution in [-0.4, -0.2) is 21.3 Å². The molecule has 0 saturated heterocycles. The molecule has 0 radical (unpaired) electrons. The summed E-state index contributed by atoms with van der Waals surface area (Å²) < 4.78 is 0. The number of nitrogens with zero attached hydrogens (tertiary/aromatic N) is 2. The van der Waals surface area contributed by atoms with Gasteiger partial charge < -0.3 is 5.11 Å². The Morgan fingerprint density at radius 1 is 1.53 bits per heavy atom. The third-order valence-corrected chi connectivity index (χ3v) is 2.56. The van der Waals surface area contributed by atoms with E-state index in [1.54, 1.807) is 13.0 Å². The van der Waals surface area contributed by atoms with E-state index in [1.165, 1.54) is 0 Å². The lowest BCUT2D eigenvalue weighted by Gasteiger charge is -2.06. The maximum Gasteiger partial charge on any atom is 0.306 e. The second-order valence-electron chi connectivity index (χ2n) is 3.26. The Morgan fingerprint density at radius 3 is 2.80 bits per heavy atom. The molecule has 1 rings (SSSR count). The van der Waals surface area contributed by atoms with Crippen LogP contribution < -0.4 is 0 Å². The first-order chi connectivity index (χ1) is 7.00. The van der Waals surface area contributed by atoms with Crippen LogP contribution in [0.2, 0.25) is 10.3 Å². The van der Waals surface area contributed by atoms with Crippen molar-refractivity contribution in [3.63, 3.8) is 0 Å². The summed E-state index contributed by atoms with van der Waals surface area (Å²) in [5, 5.41) is 16.4. The molecule has 1 heterocycles. The molecule has 4 nitrogen and oxygen atoms in total. The van der Waals surface area contributed by atoms with Crippen molar-refractivity contribution in [3.8, 4) is 0 Å². The van der Waals surface area contributed by atoms with Crippen molar-refractivity contribution in [2.75, 3.05) is 0 Å². The highest BCUT2D eigenvalue weighted by Crippen LogP contribution is 2.18. The maximum atomic E-state index is 10.6. The first kappa shape index (κ1) is 12.2. The van der Waals surface area contributed by atoms with Crippen LogP contribution >= 0.6 is 23.2 Å². The molecule has 0 aliphatic rings. The molecule has 0 aliphatic carbocycles. The van der Waals surface area contributed by atoms with E-state index in [1.807, 2.05) is 0 Å². The van der Waals surface area contributed by atoms with Gasteiger partial charge in [0, 0.05) is 0 Å². The number of halogens is 2. The molecule has 1 aromatic heterocycles. The second kappa shape index (κ2) is 5.28. The quantitative estimate of drug-likeness (QED) is 0.890. The number of aromatic nitrogens is 2. The number of hydrogen-bond donors (Lipinski definition) is 1. The average molecular weight is 249 g/mol. The normalized spacial score (nSPS) is 12.5. The van der Waals surface area contributed by atoms with Gasteiger partial charge in [-0.05, 0) is 24.5 Å². The fraction of sp³-hybridized carbons (Fsp3) is 0.444. The Balaban J connectivity index is 2.65. The zero-order chi connectivity index (χ0) is 11.4. The summed E-state index contributed by atoms with van der Waals surface area (Å²) in [4.78, 5) is 10.6. The van der Waals surface area contributed by atoms with Crippen LogP contribution in [0.4, 0.5) is 0 Å². The van der Waals surface area contributed by atoms with E-state index in [2.05, 4.69) is 10.2 Å². The van der Waals surface area contributed by atoms with Crippen molar-refractivity contribution in [1.29, 1.82) is 0 Å². The fourth-order valence-electron chi connectivity index (χ4n) is 1.06. The van der Waals surface area contributed by atoms with Crippen LogP contribution in [0.15, 0.2) is 6.07 Å². The number of carbonyl (C=O) groups is 1. The molecule has 0 saturated carbocycles. The van der Waals surface area contributed by atoms with Crippen molar-refractivity contribution >= 4 is 29.2 Å². The summed E-state index contributed by atoms with van der Waals surface area (Å²) >= 11 is 11.4. The monoisotopic (exact) mass is 248 g/mol. The number of hydrogen-bond acceptors (Lipinski definition) is 3. The van der Waals surface area contributed by atoms with E-state index >= 15 is 0 Å². The number of aryl methyl sites for hydroxylation is 1. The molecule has 1 unspecified atom stereocenters. The van der Waals surface area contributed by atoms with Crippen LogP contribution in [0.1, 0.15) is 18.9 Å². The molecule has 0 spiro atoms. The second-order valence-corrected chi connectivity index (χ2v) is 4.01. The van der Waals surface area contributed by atoms with Crippen LogP contribution in [0.3, 0.4) is 0 Å². The first-order valence-corrected chi connectivity index (χ1v) is 5.16. The van der Waals surface area contributed by atoms with E-state index in [9.17, 15) is 4.79 Å². The minimum Gasteiger partial charge on any atom is -0.481 e. The summed E-state index contributed by atoms with van der Waals surface area (Å²) in [6.45, 7) is 1.65. The van der Waals surface area contributed by atoms with Crippen molar-refractivity contribution in [2.45, 2.75) is 19.8 Å². The van der Waals surface area contributed by atoms with E-state index in [0.717, 1.165) is 5.56 Å². The smallest absolute Gasteiger partial charge is 0.306 e. The van der Waals surface area contributed by atoms with Gasteiger partial charge in [-0.25, -0.2) is 0 Å². The SMILES string of the molecule is CC(CCc1cc(Cl)nnc1Cl)C(=O)O. The van der Waals surface area contributed by atoms with Gasteiger partial charge in [0.1, 0.15) is 0 Å². The lowest BCUT2D eigenvalue weighted by Crippen LogP contribution is -2.10. The van der Waals surface area contributed by atoms with Crippen LogP contribution in [-0.2, 0) is 11.2 Å². The zero-order valence-electron chi connectivity index (χ0n) is 8.07. The van der Waals surface area contributed by atoms with Crippen molar-refractivity contribution in [2.24, 2.45) is 5.92 Å². The van der Waals surface area contributed by atoms with Gasteiger partial charge in [-0.2, -0.15) is 0 Å². The summed E-state index contributed by atoms with van der Waals surface area (Å²) in [6, 6.07) is 1.60. The molecule has 0 bridgehead atoms. The Morgan fingerprint density at radius 2 is 2.20 bits per heavy atom. The highest BCUT2D eigenvalue weighted by atomic mass is 35.5. The fourth-order valence-corrected chi connectivity index (χ4v) is 1.42. The summed E-state index contributed by atoms with van der Waals surface area (Å²) in [7, 11) is 0. The molecule has 1 N–H and O–H groups in total. The predicted molar refractivity (Wildman–Crippen MR) is 57.2 cm³/mol. The zero-order valence-corrected chi connectivity index (χ0v) is 9.59. The molecule has 1 aromatic rings. The van der Waals surface area contributed by atoms with Gasteiger partial charge in [-0.3, -0.25) is 4.79 Å². The first-order valence-electron chi connectivity index (χ1n) is 4.41.